The molecule has 0 saturated carbocycles. The predicted molar refractivity (Wildman–Crippen MR) is 85.0 cm³/mol. The highest BCUT2D eigenvalue weighted by molar-refractivity contribution is 7.86. The van der Waals surface area contributed by atoms with Crippen LogP contribution in [0.15, 0.2) is 54.6 Å². The molecule has 112 valence electrons. The second-order valence-corrected chi connectivity index (χ2v) is 7.68. The summed E-state index contributed by atoms with van der Waals surface area (Å²) in [4.78, 5) is 0. The Morgan fingerprint density at radius 1 is 0.857 bits per heavy atom. The van der Waals surface area contributed by atoms with E-state index in [2.05, 4.69) is 20.8 Å². The molecule has 0 spiro atoms. The molecule has 2 aromatic rings. The number of hydrogen-bond donors (Lipinski definition) is 1. The van der Waals surface area contributed by atoms with Gasteiger partial charge in [-0.15, -0.1) is 0 Å². The lowest BCUT2D eigenvalue weighted by atomic mass is 9.86. The lowest BCUT2D eigenvalue weighted by Gasteiger charge is -2.21. The van der Waals surface area contributed by atoms with Gasteiger partial charge in [0.05, 0.1) is 0 Å². The highest BCUT2D eigenvalue weighted by atomic mass is 32.2. The van der Waals surface area contributed by atoms with Gasteiger partial charge in [0.15, 0.2) is 0 Å². The van der Waals surface area contributed by atoms with Crippen LogP contribution in [0.2, 0.25) is 0 Å². The summed E-state index contributed by atoms with van der Waals surface area (Å²) in [6.07, 6.45) is 0. The zero-order valence-corrected chi connectivity index (χ0v) is 13.3. The van der Waals surface area contributed by atoms with Crippen molar-refractivity contribution >= 4 is 10.1 Å². The molecule has 0 heterocycles. The fraction of sp³-hybridized carbons (Fsp3) is 0.294. The molecule has 1 N–H and O–H groups in total. The van der Waals surface area contributed by atoms with Gasteiger partial charge in [-0.3, -0.25) is 4.55 Å². The molecule has 0 bridgehead atoms. The molecule has 21 heavy (non-hydrogen) atoms. The van der Waals surface area contributed by atoms with Crippen LogP contribution in [-0.2, 0) is 15.5 Å². The van der Waals surface area contributed by atoms with Crippen LogP contribution in [0.5, 0.6) is 0 Å². The van der Waals surface area contributed by atoms with Crippen LogP contribution < -0.4 is 0 Å². The van der Waals surface area contributed by atoms with Gasteiger partial charge < -0.3 is 0 Å². The van der Waals surface area contributed by atoms with Gasteiger partial charge in [0.25, 0.3) is 10.1 Å². The minimum absolute atomic E-state index is 0.00113. The molecule has 0 aliphatic rings. The van der Waals surface area contributed by atoms with Gasteiger partial charge in [0.1, 0.15) is 5.25 Å². The van der Waals surface area contributed by atoms with E-state index in [-0.39, 0.29) is 5.41 Å². The van der Waals surface area contributed by atoms with Crippen molar-refractivity contribution in [2.75, 3.05) is 0 Å². The largest absolute Gasteiger partial charge is 0.285 e. The summed E-state index contributed by atoms with van der Waals surface area (Å²) in [6, 6.07) is 16.1. The topological polar surface area (TPSA) is 54.4 Å². The Morgan fingerprint density at radius 3 is 1.76 bits per heavy atom. The van der Waals surface area contributed by atoms with E-state index in [9.17, 15) is 13.0 Å². The first kappa shape index (κ1) is 15.7. The van der Waals surface area contributed by atoms with Crippen LogP contribution in [0.1, 0.15) is 42.7 Å². The molecule has 0 saturated heterocycles. The van der Waals surface area contributed by atoms with Crippen molar-refractivity contribution in [2.45, 2.75) is 31.4 Å². The Morgan fingerprint density at radius 2 is 1.33 bits per heavy atom. The quantitative estimate of drug-likeness (QED) is 0.873. The SMILES string of the molecule is CC(C)(C)c1ccc(C(c2ccccc2)S(=O)(=O)O)cc1. The maximum atomic E-state index is 11.8. The third kappa shape index (κ3) is 3.71. The van der Waals surface area contributed by atoms with Crippen molar-refractivity contribution in [1.29, 1.82) is 0 Å². The van der Waals surface area contributed by atoms with E-state index in [0.717, 1.165) is 5.56 Å². The van der Waals surface area contributed by atoms with Gasteiger partial charge >= 0.3 is 0 Å². The average Bonchev–Trinajstić information content (AvgIpc) is 2.38. The monoisotopic (exact) mass is 304 g/mol. The van der Waals surface area contributed by atoms with Crippen LogP contribution in [-0.4, -0.2) is 13.0 Å². The summed E-state index contributed by atoms with van der Waals surface area (Å²) in [5.74, 6) is 0. The maximum absolute atomic E-state index is 11.8. The first-order chi connectivity index (χ1) is 9.69. The van der Waals surface area contributed by atoms with Crippen LogP contribution in [0, 0.1) is 0 Å². The molecule has 0 amide bonds. The first-order valence-corrected chi connectivity index (χ1v) is 8.31. The molecule has 2 aromatic carbocycles. The normalized spacial score (nSPS) is 13.9. The van der Waals surface area contributed by atoms with Gasteiger partial charge in [-0.25, -0.2) is 0 Å². The summed E-state index contributed by atoms with van der Waals surface area (Å²) in [6.45, 7) is 6.29. The second kappa shape index (κ2) is 5.62. The Bertz CT molecular complexity index is 696. The van der Waals surface area contributed by atoms with Crippen LogP contribution >= 0.6 is 0 Å². The number of benzene rings is 2. The lowest BCUT2D eigenvalue weighted by Crippen LogP contribution is -2.15. The molecule has 0 aromatic heterocycles. The van der Waals surface area contributed by atoms with Gasteiger partial charge in [-0.1, -0.05) is 75.4 Å². The van der Waals surface area contributed by atoms with Crippen molar-refractivity contribution in [1.82, 2.24) is 0 Å². The smallest absolute Gasteiger partial charge is 0.276 e. The molecule has 4 heteroatoms. The third-order valence-corrected chi connectivity index (χ3v) is 4.62. The number of hydrogen-bond acceptors (Lipinski definition) is 2. The van der Waals surface area contributed by atoms with E-state index < -0.39 is 15.4 Å². The van der Waals surface area contributed by atoms with Crippen molar-refractivity contribution < 1.29 is 13.0 Å². The number of rotatable bonds is 3. The zero-order valence-electron chi connectivity index (χ0n) is 12.4. The van der Waals surface area contributed by atoms with E-state index in [1.807, 2.05) is 18.2 Å². The molecule has 0 radical (unpaired) electrons. The summed E-state index contributed by atoms with van der Waals surface area (Å²) >= 11 is 0. The Hall–Kier alpha value is -1.65. The minimum Gasteiger partial charge on any atom is -0.285 e. The molecule has 2 rings (SSSR count). The lowest BCUT2D eigenvalue weighted by molar-refractivity contribution is 0.475. The van der Waals surface area contributed by atoms with Crippen LogP contribution in [0.3, 0.4) is 0 Å². The zero-order chi connectivity index (χ0) is 15.7. The molecule has 1 unspecified atom stereocenters. The van der Waals surface area contributed by atoms with Crippen LogP contribution in [0.25, 0.3) is 0 Å². The van der Waals surface area contributed by atoms with Crippen molar-refractivity contribution in [3.8, 4) is 0 Å². The van der Waals surface area contributed by atoms with Gasteiger partial charge in [-0.05, 0) is 22.1 Å². The average molecular weight is 304 g/mol. The Kier molecular flexibility index (Phi) is 4.21. The van der Waals surface area contributed by atoms with E-state index in [1.165, 1.54) is 0 Å². The molecule has 3 nitrogen and oxygen atoms in total. The Balaban J connectivity index is 2.49. The van der Waals surface area contributed by atoms with E-state index in [1.54, 1.807) is 36.4 Å². The van der Waals surface area contributed by atoms with E-state index in [4.69, 9.17) is 0 Å². The van der Waals surface area contributed by atoms with Crippen molar-refractivity contribution in [2.24, 2.45) is 0 Å². The van der Waals surface area contributed by atoms with E-state index >= 15 is 0 Å². The minimum atomic E-state index is -4.22. The fourth-order valence-corrected chi connectivity index (χ4v) is 3.32. The summed E-state index contributed by atoms with van der Waals surface area (Å²) in [7, 11) is -4.22. The van der Waals surface area contributed by atoms with Crippen molar-refractivity contribution in [3.63, 3.8) is 0 Å². The summed E-state index contributed by atoms with van der Waals surface area (Å²) in [5.41, 5.74) is 2.24. The fourth-order valence-electron chi connectivity index (χ4n) is 2.32. The molecule has 0 fully saturated rings. The molecular weight excluding hydrogens is 284 g/mol. The molecule has 0 aliphatic heterocycles. The second-order valence-electron chi connectivity index (χ2n) is 6.18. The third-order valence-electron chi connectivity index (χ3n) is 3.48. The van der Waals surface area contributed by atoms with Crippen molar-refractivity contribution in [3.05, 3.63) is 71.3 Å². The highest BCUT2D eigenvalue weighted by Gasteiger charge is 2.27. The van der Waals surface area contributed by atoms with E-state index in [0.29, 0.717) is 11.1 Å². The predicted octanol–water partition coefficient (Wildman–Crippen LogP) is 3.96. The van der Waals surface area contributed by atoms with Gasteiger partial charge in [0.2, 0.25) is 0 Å². The molecular formula is C17H20O3S. The summed E-state index contributed by atoms with van der Waals surface area (Å²) in [5, 5.41) is -1.05. The van der Waals surface area contributed by atoms with Crippen LogP contribution in [0.4, 0.5) is 0 Å². The Labute approximate surface area is 126 Å². The maximum Gasteiger partial charge on any atom is 0.276 e. The molecule has 1 atom stereocenters. The standard InChI is InChI=1S/C17H20O3S/c1-17(2,3)15-11-9-14(10-12-15)16(21(18,19)20)13-7-5-4-6-8-13/h4-12,16H,1-3H3,(H,18,19,20). The highest BCUT2D eigenvalue weighted by Crippen LogP contribution is 2.31. The van der Waals surface area contributed by atoms with Gasteiger partial charge in [0, 0.05) is 0 Å². The van der Waals surface area contributed by atoms with Gasteiger partial charge in [-0.2, -0.15) is 8.42 Å². The first-order valence-electron chi connectivity index (χ1n) is 6.81. The molecule has 0 aliphatic carbocycles. The summed E-state index contributed by atoms with van der Waals surface area (Å²) < 4.78 is 33.1.